The van der Waals surface area contributed by atoms with Gasteiger partial charge in [-0.15, -0.1) is 0 Å². The lowest BCUT2D eigenvalue weighted by Gasteiger charge is -1.93. The Bertz CT molecular complexity index is 230. The van der Waals surface area contributed by atoms with Crippen LogP contribution in [-0.2, 0) is 0 Å². The van der Waals surface area contributed by atoms with Crippen LogP contribution in [0.25, 0.3) is 0 Å². The molecule has 0 nitrogen and oxygen atoms in total. The van der Waals surface area contributed by atoms with Crippen LogP contribution < -0.4 is 0 Å². The summed E-state index contributed by atoms with van der Waals surface area (Å²) < 4.78 is 0. The lowest BCUT2D eigenvalue weighted by Crippen LogP contribution is -1.72. The summed E-state index contributed by atoms with van der Waals surface area (Å²) in [6.07, 6.45) is 7.97. The summed E-state index contributed by atoms with van der Waals surface area (Å²) in [6, 6.07) is 0. The van der Waals surface area contributed by atoms with E-state index in [9.17, 15) is 0 Å². The second kappa shape index (κ2) is 7.23. The first-order chi connectivity index (χ1) is 6.06. The molecule has 2 heteroatoms. The molecule has 0 aliphatic carbocycles. The van der Waals surface area contributed by atoms with Crippen LogP contribution in [0.4, 0.5) is 0 Å². The van der Waals surface area contributed by atoms with Gasteiger partial charge in [0.2, 0.25) is 0 Å². The minimum absolute atomic E-state index is 0.772. The van der Waals surface area contributed by atoms with Crippen molar-refractivity contribution in [1.29, 1.82) is 0 Å². The molecule has 0 saturated heterocycles. The SMILES string of the molecule is CCC/C=C(Cl)/C=C(C)\C=C(/C)Cl. The molecule has 0 unspecified atom stereocenters. The normalized spacial score (nSPS) is 15.0. The van der Waals surface area contributed by atoms with Crippen molar-refractivity contribution in [3.05, 3.63) is 33.9 Å². The van der Waals surface area contributed by atoms with E-state index in [0.717, 1.165) is 28.5 Å². The molecule has 0 aliphatic rings. The molecule has 0 fully saturated rings. The number of halogens is 2. The zero-order valence-corrected chi connectivity index (χ0v) is 9.91. The molecule has 0 aliphatic heterocycles. The minimum Gasteiger partial charge on any atom is -0.0895 e. The van der Waals surface area contributed by atoms with Crippen molar-refractivity contribution in [2.75, 3.05) is 0 Å². The Hall–Kier alpha value is -0.200. The smallest absolute Gasteiger partial charge is 0.0368 e. The molecule has 0 atom stereocenters. The van der Waals surface area contributed by atoms with Gasteiger partial charge in [0.25, 0.3) is 0 Å². The summed E-state index contributed by atoms with van der Waals surface area (Å²) >= 11 is 11.7. The summed E-state index contributed by atoms with van der Waals surface area (Å²) in [6.45, 7) is 5.96. The van der Waals surface area contributed by atoms with Gasteiger partial charge in [0, 0.05) is 10.1 Å². The van der Waals surface area contributed by atoms with E-state index in [0.29, 0.717) is 0 Å². The average molecular weight is 219 g/mol. The van der Waals surface area contributed by atoms with Crippen LogP contribution in [-0.4, -0.2) is 0 Å². The first kappa shape index (κ1) is 12.8. The third-order valence-electron chi connectivity index (χ3n) is 1.42. The zero-order valence-electron chi connectivity index (χ0n) is 8.40. The van der Waals surface area contributed by atoms with Crippen molar-refractivity contribution in [2.45, 2.75) is 33.6 Å². The van der Waals surface area contributed by atoms with Crippen LogP contribution in [0.3, 0.4) is 0 Å². The number of hydrogen-bond acceptors (Lipinski definition) is 0. The standard InChI is InChI=1S/C11H16Cl2/c1-4-5-6-11(13)8-9(2)7-10(3)12/h6-8H,4-5H2,1-3H3/b9-8-,10-7+,11-6-. The summed E-state index contributed by atoms with van der Waals surface area (Å²) in [5.41, 5.74) is 1.07. The van der Waals surface area contributed by atoms with Gasteiger partial charge in [-0.2, -0.15) is 0 Å². The lowest BCUT2D eigenvalue weighted by molar-refractivity contribution is 0.957. The van der Waals surface area contributed by atoms with E-state index in [4.69, 9.17) is 23.2 Å². The van der Waals surface area contributed by atoms with Crippen molar-refractivity contribution in [1.82, 2.24) is 0 Å². The van der Waals surface area contributed by atoms with Crippen LogP contribution in [0.15, 0.2) is 33.9 Å². The van der Waals surface area contributed by atoms with Crippen molar-refractivity contribution >= 4 is 23.2 Å². The quantitative estimate of drug-likeness (QED) is 0.583. The lowest BCUT2D eigenvalue weighted by atomic mass is 10.2. The maximum Gasteiger partial charge on any atom is 0.0368 e. The molecule has 0 radical (unpaired) electrons. The first-order valence-electron chi connectivity index (χ1n) is 4.44. The molecular weight excluding hydrogens is 203 g/mol. The number of hydrogen-bond donors (Lipinski definition) is 0. The Morgan fingerprint density at radius 2 is 1.77 bits per heavy atom. The molecule has 0 heterocycles. The van der Waals surface area contributed by atoms with Gasteiger partial charge in [0.15, 0.2) is 0 Å². The highest BCUT2D eigenvalue weighted by molar-refractivity contribution is 6.31. The second-order valence-electron chi connectivity index (χ2n) is 3.00. The molecule has 0 N–H and O–H groups in total. The monoisotopic (exact) mass is 218 g/mol. The van der Waals surface area contributed by atoms with Crippen molar-refractivity contribution in [3.8, 4) is 0 Å². The Morgan fingerprint density at radius 3 is 2.23 bits per heavy atom. The molecule has 0 rings (SSSR count). The van der Waals surface area contributed by atoms with Crippen LogP contribution in [0, 0.1) is 0 Å². The van der Waals surface area contributed by atoms with Gasteiger partial charge in [-0.3, -0.25) is 0 Å². The fourth-order valence-electron chi connectivity index (χ4n) is 0.914. The van der Waals surface area contributed by atoms with Gasteiger partial charge in [0.1, 0.15) is 0 Å². The summed E-state index contributed by atoms with van der Waals surface area (Å²) in [5.74, 6) is 0. The van der Waals surface area contributed by atoms with Crippen LogP contribution in [0.2, 0.25) is 0 Å². The van der Waals surface area contributed by atoms with E-state index in [-0.39, 0.29) is 0 Å². The van der Waals surface area contributed by atoms with E-state index in [1.54, 1.807) is 0 Å². The highest BCUT2D eigenvalue weighted by Crippen LogP contribution is 2.12. The Kier molecular flexibility index (Phi) is 7.12. The zero-order chi connectivity index (χ0) is 10.3. The van der Waals surface area contributed by atoms with Gasteiger partial charge in [-0.1, -0.05) is 42.6 Å². The fraction of sp³-hybridized carbons (Fsp3) is 0.455. The highest BCUT2D eigenvalue weighted by Gasteiger charge is 1.88. The second-order valence-corrected chi connectivity index (χ2v) is 4.03. The van der Waals surface area contributed by atoms with Crippen molar-refractivity contribution in [2.24, 2.45) is 0 Å². The van der Waals surface area contributed by atoms with E-state index < -0.39 is 0 Å². The van der Waals surface area contributed by atoms with Gasteiger partial charge >= 0.3 is 0 Å². The third kappa shape index (κ3) is 8.14. The minimum atomic E-state index is 0.772. The van der Waals surface area contributed by atoms with E-state index >= 15 is 0 Å². The fourth-order valence-corrected chi connectivity index (χ4v) is 1.37. The van der Waals surface area contributed by atoms with E-state index in [1.807, 2.05) is 32.1 Å². The van der Waals surface area contributed by atoms with Gasteiger partial charge < -0.3 is 0 Å². The Balaban J connectivity index is 4.29. The molecule has 0 aromatic carbocycles. The van der Waals surface area contributed by atoms with Crippen molar-refractivity contribution < 1.29 is 0 Å². The predicted molar refractivity (Wildman–Crippen MR) is 62.2 cm³/mol. The Morgan fingerprint density at radius 1 is 1.15 bits per heavy atom. The van der Waals surface area contributed by atoms with Crippen LogP contribution in [0.5, 0.6) is 0 Å². The average Bonchev–Trinajstić information content (AvgIpc) is 1.98. The van der Waals surface area contributed by atoms with Gasteiger partial charge in [-0.05, 0) is 38.0 Å². The molecule has 0 aromatic heterocycles. The topological polar surface area (TPSA) is 0 Å². The van der Waals surface area contributed by atoms with E-state index in [1.165, 1.54) is 0 Å². The summed E-state index contributed by atoms with van der Waals surface area (Å²) in [7, 11) is 0. The first-order valence-corrected chi connectivity index (χ1v) is 5.19. The van der Waals surface area contributed by atoms with Gasteiger partial charge in [-0.25, -0.2) is 0 Å². The highest BCUT2D eigenvalue weighted by atomic mass is 35.5. The molecule has 0 aromatic rings. The number of allylic oxidation sites excluding steroid dienone is 6. The molecule has 0 bridgehead atoms. The summed E-state index contributed by atoms with van der Waals surface area (Å²) in [4.78, 5) is 0. The number of unbranched alkanes of at least 4 members (excludes halogenated alkanes) is 1. The van der Waals surface area contributed by atoms with E-state index in [2.05, 4.69) is 6.92 Å². The van der Waals surface area contributed by atoms with Gasteiger partial charge in [0.05, 0.1) is 0 Å². The van der Waals surface area contributed by atoms with Crippen molar-refractivity contribution in [3.63, 3.8) is 0 Å². The maximum atomic E-state index is 5.95. The van der Waals surface area contributed by atoms with Crippen LogP contribution in [0.1, 0.15) is 33.6 Å². The predicted octanol–water partition coefficient (Wildman–Crippen LogP) is 5.00. The molecule has 0 saturated carbocycles. The molecular formula is C11H16Cl2. The Labute approximate surface area is 90.9 Å². The number of rotatable bonds is 4. The summed E-state index contributed by atoms with van der Waals surface area (Å²) in [5, 5.41) is 1.56. The molecule has 0 amide bonds. The molecule has 0 spiro atoms. The maximum absolute atomic E-state index is 5.95. The third-order valence-corrected chi connectivity index (χ3v) is 1.79. The largest absolute Gasteiger partial charge is 0.0895 e. The molecule has 13 heavy (non-hydrogen) atoms. The van der Waals surface area contributed by atoms with Crippen LogP contribution >= 0.6 is 23.2 Å². The molecule has 74 valence electrons.